The van der Waals surface area contributed by atoms with Crippen molar-refractivity contribution in [3.05, 3.63) is 24.2 Å². The zero-order chi connectivity index (χ0) is 13.0. The van der Waals surface area contributed by atoms with Gasteiger partial charge in [0.25, 0.3) is 0 Å². The monoisotopic (exact) mass is 252 g/mol. The normalized spacial score (nSPS) is 21.9. The van der Waals surface area contributed by atoms with Crippen LogP contribution in [-0.2, 0) is 11.3 Å². The molecule has 1 fully saturated rings. The average molecular weight is 252 g/mol. The molecular formula is C14H24N2O2. The maximum Gasteiger partial charge on any atom is 0.117 e. The van der Waals surface area contributed by atoms with Gasteiger partial charge in [0.15, 0.2) is 0 Å². The fraction of sp³-hybridized carbons (Fsp3) is 0.714. The summed E-state index contributed by atoms with van der Waals surface area (Å²) in [4.78, 5) is 2.52. The van der Waals surface area contributed by atoms with Crippen LogP contribution in [0.4, 0.5) is 0 Å². The smallest absolute Gasteiger partial charge is 0.117 e. The molecule has 2 heterocycles. The van der Waals surface area contributed by atoms with Gasteiger partial charge in [0, 0.05) is 24.7 Å². The van der Waals surface area contributed by atoms with Crippen LogP contribution in [0.15, 0.2) is 22.8 Å². The fourth-order valence-corrected chi connectivity index (χ4v) is 2.62. The van der Waals surface area contributed by atoms with E-state index in [1.807, 2.05) is 12.1 Å². The van der Waals surface area contributed by atoms with Crippen LogP contribution in [0.25, 0.3) is 0 Å². The highest BCUT2D eigenvalue weighted by Crippen LogP contribution is 2.21. The molecular weight excluding hydrogens is 228 g/mol. The van der Waals surface area contributed by atoms with Crippen molar-refractivity contribution in [2.24, 2.45) is 0 Å². The van der Waals surface area contributed by atoms with E-state index in [1.54, 1.807) is 6.26 Å². The van der Waals surface area contributed by atoms with Gasteiger partial charge in [-0.3, -0.25) is 4.90 Å². The van der Waals surface area contributed by atoms with Gasteiger partial charge in [-0.1, -0.05) is 0 Å². The van der Waals surface area contributed by atoms with Crippen molar-refractivity contribution in [2.75, 3.05) is 26.3 Å². The van der Waals surface area contributed by atoms with Crippen LogP contribution in [0.2, 0.25) is 0 Å². The molecule has 1 aromatic rings. The molecule has 0 amide bonds. The summed E-state index contributed by atoms with van der Waals surface area (Å²) in [5, 5.41) is 3.45. The summed E-state index contributed by atoms with van der Waals surface area (Å²) in [6, 6.07) is 4.42. The Bertz CT molecular complexity index is 349. The molecule has 1 unspecified atom stereocenters. The number of hydrogen-bond acceptors (Lipinski definition) is 4. The molecule has 0 bridgehead atoms. The molecule has 4 nitrogen and oxygen atoms in total. The lowest BCUT2D eigenvalue weighted by Gasteiger charge is -2.45. The van der Waals surface area contributed by atoms with Gasteiger partial charge in [0.05, 0.1) is 26.0 Å². The molecule has 2 rings (SSSR count). The lowest BCUT2D eigenvalue weighted by Crippen LogP contribution is -2.58. The van der Waals surface area contributed by atoms with Crippen molar-refractivity contribution in [3.8, 4) is 0 Å². The van der Waals surface area contributed by atoms with Gasteiger partial charge in [-0.2, -0.15) is 0 Å². The Labute approximate surface area is 109 Å². The van der Waals surface area contributed by atoms with Crippen LogP contribution in [0.1, 0.15) is 26.5 Å². The minimum Gasteiger partial charge on any atom is -0.468 e. The number of nitrogens with one attached hydrogen (secondary N) is 1. The van der Waals surface area contributed by atoms with E-state index in [1.165, 1.54) is 0 Å². The van der Waals surface area contributed by atoms with Crippen molar-refractivity contribution < 1.29 is 9.15 Å². The van der Waals surface area contributed by atoms with E-state index in [4.69, 9.17) is 9.15 Å². The van der Waals surface area contributed by atoms with E-state index >= 15 is 0 Å². The Morgan fingerprint density at radius 2 is 2.33 bits per heavy atom. The molecule has 0 saturated carbocycles. The molecule has 1 aliphatic rings. The van der Waals surface area contributed by atoms with Crippen molar-refractivity contribution >= 4 is 0 Å². The van der Waals surface area contributed by atoms with Crippen molar-refractivity contribution in [3.63, 3.8) is 0 Å². The Morgan fingerprint density at radius 1 is 1.50 bits per heavy atom. The van der Waals surface area contributed by atoms with Crippen LogP contribution in [0, 0.1) is 0 Å². The first-order valence-corrected chi connectivity index (χ1v) is 6.67. The molecule has 0 radical (unpaired) electrons. The minimum atomic E-state index is 0.129. The van der Waals surface area contributed by atoms with Gasteiger partial charge in [0.1, 0.15) is 5.76 Å². The second-order valence-corrected chi connectivity index (χ2v) is 5.62. The second-order valence-electron chi connectivity index (χ2n) is 5.62. The lowest BCUT2D eigenvalue weighted by atomic mass is 10.00. The molecule has 0 spiro atoms. The zero-order valence-corrected chi connectivity index (χ0v) is 11.6. The van der Waals surface area contributed by atoms with E-state index in [0.29, 0.717) is 6.04 Å². The lowest BCUT2D eigenvalue weighted by molar-refractivity contribution is -0.0682. The Kier molecular flexibility index (Phi) is 4.43. The molecule has 1 aliphatic heterocycles. The molecule has 0 aromatic carbocycles. The third-order valence-electron chi connectivity index (χ3n) is 3.56. The predicted molar refractivity (Wildman–Crippen MR) is 71.5 cm³/mol. The van der Waals surface area contributed by atoms with Crippen LogP contribution < -0.4 is 5.32 Å². The Hall–Kier alpha value is -0.840. The maximum atomic E-state index is 5.55. The summed E-state index contributed by atoms with van der Waals surface area (Å²) in [5.74, 6) is 0.989. The first kappa shape index (κ1) is 13.6. The number of hydrogen-bond donors (Lipinski definition) is 1. The van der Waals surface area contributed by atoms with E-state index in [-0.39, 0.29) is 5.54 Å². The number of ether oxygens (including phenoxy) is 1. The highest BCUT2D eigenvalue weighted by Gasteiger charge is 2.33. The zero-order valence-electron chi connectivity index (χ0n) is 11.6. The maximum absolute atomic E-state index is 5.55. The number of furan rings is 1. The summed E-state index contributed by atoms with van der Waals surface area (Å²) in [6.07, 6.45) is 1.71. The highest BCUT2D eigenvalue weighted by atomic mass is 16.5. The third-order valence-corrected chi connectivity index (χ3v) is 3.56. The van der Waals surface area contributed by atoms with Crippen molar-refractivity contribution in [1.82, 2.24) is 10.2 Å². The van der Waals surface area contributed by atoms with Gasteiger partial charge in [0.2, 0.25) is 0 Å². The quantitative estimate of drug-likeness (QED) is 0.868. The third kappa shape index (κ3) is 3.34. The van der Waals surface area contributed by atoms with E-state index in [2.05, 4.69) is 31.0 Å². The van der Waals surface area contributed by atoms with Crippen LogP contribution in [0.3, 0.4) is 0 Å². The Balaban J connectivity index is 1.78. The molecule has 1 saturated heterocycles. The summed E-state index contributed by atoms with van der Waals surface area (Å²) in [7, 11) is 0. The fourth-order valence-electron chi connectivity index (χ4n) is 2.62. The highest BCUT2D eigenvalue weighted by molar-refractivity contribution is 4.97. The number of nitrogens with zero attached hydrogens (tertiary/aromatic N) is 1. The molecule has 1 aromatic heterocycles. The molecule has 0 aliphatic carbocycles. The summed E-state index contributed by atoms with van der Waals surface area (Å²) in [6.45, 7) is 11.2. The van der Waals surface area contributed by atoms with Crippen LogP contribution in [-0.4, -0.2) is 42.8 Å². The largest absolute Gasteiger partial charge is 0.468 e. The number of rotatable bonds is 5. The summed E-state index contributed by atoms with van der Waals surface area (Å²) >= 11 is 0. The van der Waals surface area contributed by atoms with Crippen LogP contribution >= 0.6 is 0 Å². The van der Waals surface area contributed by atoms with Gasteiger partial charge in [-0.15, -0.1) is 0 Å². The SMILES string of the molecule is CC(CNCc1ccco1)N1CCOCC1(C)C. The van der Waals surface area contributed by atoms with Crippen molar-refractivity contribution in [1.29, 1.82) is 0 Å². The van der Waals surface area contributed by atoms with E-state index in [0.717, 1.165) is 38.6 Å². The van der Waals surface area contributed by atoms with E-state index < -0.39 is 0 Å². The van der Waals surface area contributed by atoms with Gasteiger partial charge in [-0.05, 0) is 32.9 Å². The van der Waals surface area contributed by atoms with E-state index in [9.17, 15) is 0 Å². The second kappa shape index (κ2) is 5.87. The standard InChI is InChI=1S/C14H24N2O2/c1-12(9-15-10-13-5-4-7-18-13)16-6-8-17-11-14(16,2)3/h4-5,7,12,15H,6,8-11H2,1-3H3. The molecule has 1 N–H and O–H groups in total. The predicted octanol–water partition coefficient (Wildman–Crippen LogP) is 1.87. The topological polar surface area (TPSA) is 37.6 Å². The average Bonchev–Trinajstić information content (AvgIpc) is 2.81. The van der Waals surface area contributed by atoms with Crippen LogP contribution in [0.5, 0.6) is 0 Å². The molecule has 1 atom stereocenters. The minimum absolute atomic E-state index is 0.129. The van der Waals surface area contributed by atoms with Gasteiger partial charge >= 0.3 is 0 Å². The first-order valence-electron chi connectivity index (χ1n) is 6.67. The molecule has 4 heteroatoms. The first-order chi connectivity index (χ1) is 8.59. The van der Waals surface area contributed by atoms with Gasteiger partial charge in [-0.25, -0.2) is 0 Å². The van der Waals surface area contributed by atoms with Gasteiger partial charge < -0.3 is 14.5 Å². The number of morpholine rings is 1. The summed E-state index contributed by atoms with van der Waals surface area (Å²) < 4.78 is 10.9. The van der Waals surface area contributed by atoms with Crippen molar-refractivity contribution in [2.45, 2.75) is 38.9 Å². The Morgan fingerprint density at radius 3 is 3.00 bits per heavy atom. The summed E-state index contributed by atoms with van der Waals surface area (Å²) in [5.41, 5.74) is 0.129. The molecule has 18 heavy (non-hydrogen) atoms. The molecule has 102 valence electrons.